The Morgan fingerprint density at radius 3 is 2.56 bits per heavy atom. The van der Waals surface area contributed by atoms with Crippen LogP contribution < -0.4 is 24.4 Å². The van der Waals surface area contributed by atoms with Crippen molar-refractivity contribution in [2.45, 2.75) is 31.3 Å². The van der Waals surface area contributed by atoms with Crippen molar-refractivity contribution >= 4 is 17.5 Å². The summed E-state index contributed by atoms with van der Waals surface area (Å²) < 4.78 is 16.2. The van der Waals surface area contributed by atoms with Gasteiger partial charge in [-0.05, 0) is 54.3 Å². The van der Waals surface area contributed by atoms with E-state index >= 15 is 0 Å². The molecule has 0 aliphatic carbocycles. The monoisotopic (exact) mass is 487 g/mol. The highest BCUT2D eigenvalue weighted by atomic mass is 16.6. The van der Waals surface area contributed by atoms with Gasteiger partial charge in [-0.2, -0.15) is 0 Å². The van der Waals surface area contributed by atoms with Crippen molar-refractivity contribution in [1.29, 1.82) is 0 Å². The Morgan fingerprint density at radius 1 is 1.03 bits per heavy atom. The number of carbonyl (C=O) groups is 1. The van der Waals surface area contributed by atoms with Crippen LogP contribution in [0.1, 0.15) is 24.5 Å². The number of likely N-dealkylation sites (tertiary alicyclic amines) is 1. The quantitative estimate of drug-likeness (QED) is 0.488. The molecule has 0 bridgehead atoms. The molecule has 3 aromatic rings. The lowest BCUT2D eigenvalue weighted by atomic mass is 9.81. The fourth-order valence-electron chi connectivity index (χ4n) is 5.77. The van der Waals surface area contributed by atoms with Crippen LogP contribution in [0.3, 0.4) is 0 Å². The molecule has 0 aromatic heterocycles. The Labute approximate surface area is 212 Å². The second-order valence-electron chi connectivity index (χ2n) is 9.69. The average molecular weight is 488 g/mol. The van der Waals surface area contributed by atoms with E-state index in [4.69, 9.17) is 14.2 Å². The number of benzene rings is 3. The third-order valence-electron chi connectivity index (χ3n) is 7.54. The molecule has 0 spiro atoms. The van der Waals surface area contributed by atoms with E-state index in [0.29, 0.717) is 22.9 Å². The molecule has 36 heavy (non-hydrogen) atoms. The first kappa shape index (κ1) is 24.0. The molecule has 0 saturated carbocycles. The van der Waals surface area contributed by atoms with Gasteiger partial charge in [0.15, 0.2) is 11.5 Å². The number of nitrogens with one attached hydrogen (secondary N) is 1. The molecule has 188 valence electrons. The van der Waals surface area contributed by atoms with Gasteiger partial charge in [-0.15, -0.1) is 0 Å². The third-order valence-corrected chi connectivity index (χ3v) is 7.54. The van der Waals surface area contributed by atoms with Crippen molar-refractivity contribution in [2.75, 3.05) is 44.6 Å². The van der Waals surface area contributed by atoms with Crippen LogP contribution in [0, 0.1) is 0 Å². The van der Waals surface area contributed by atoms with Crippen molar-refractivity contribution in [3.8, 4) is 17.2 Å². The molecule has 1 amide bonds. The summed E-state index contributed by atoms with van der Waals surface area (Å²) in [5, 5.41) is 2.77. The van der Waals surface area contributed by atoms with Gasteiger partial charge >= 0.3 is 6.09 Å². The van der Waals surface area contributed by atoms with Crippen molar-refractivity contribution in [3.05, 3.63) is 77.9 Å². The predicted octanol–water partition coefficient (Wildman–Crippen LogP) is 5.30. The maximum Gasteiger partial charge on any atom is 0.417 e. The highest BCUT2D eigenvalue weighted by Crippen LogP contribution is 2.52. The number of likely N-dealkylation sites (N-methyl/N-ethyl adjacent to an activating group) is 1. The zero-order valence-corrected chi connectivity index (χ0v) is 21.3. The number of hydrogen-bond donors (Lipinski definition) is 1. The lowest BCUT2D eigenvalue weighted by Gasteiger charge is -2.34. The number of carbonyl (C=O) groups excluding carboxylic acids is 1. The maximum atomic E-state index is 12.7. The Hall–Kier alpha value is -3.71. The summed E-state index contributed by atoms with van der Waals surface area (Å²) in [4.78, 5) is 17.6. The predicted molar refractivity (Wildman–Crippen MR) is 142 cm³/mol. The molecule has 2 aliphatic rings. The minimum atomic E-state index is -0.550. The minimum Gasteiger partial charge on any atom is -0.493 e. The summed E-state index contributed by atoms with van der Waals surface area (Å²) in [6.45, 7) is 4.39. The Kier molecular flexibility index (Phi) is 6.49. The third kappa shape index (κ3) is 4.35. The molecule has 1 unspecified atom stereocenters. The normalized spacial score (nSPS) is 20.6. The van der Waals surface area contributed by atoms with Crippen LogP contribution in [0.25, 0.3) is 0 Å². The Bertz CT molecular complexity index is 1250. The van der Waals surface area contributed by atoms with Gasteiger partial charge in [0.05, 0.1) is 20.4 Å². The number of amides is 1. The lowest BCUT2D eigenvalue weighted by Crippen LogP contribution is -2.47. The topological polar surface area (TPSA) is 63.3 Å². The van der Waals surface area contributed by atoms with E-state index in [1.165, 1.54) is 16.8 Å². The second kappa shape index (κ2) is 9.74. The molecule has 5 rings (SSSR count). The molecule has 1 saturated heterocycles. The van der Waals surface area contributed by atoms with Crippen LogP contribution in [-0.4, -0.2) is 51.5 Å². The highest BCUT2D eigenvalue weighted by molar-refractivity contribution is 5.87. The first-order valence-corrected chi connectivity index (χ1v) is 12.3. The number of ether oxygens (including phenoxy) is 3. The highest BCUT2D eigenvalue weighted by Gasteiger charge is 2.53. The largest absolute Gasteiger partial charge is 0.493 e. The van der Waals surface area contributed by atoms with E-state index in [-0.39, 0.29) is 11.6 Å². The first-order chi connectivity index (χ1) is 17.4. The molecule has 2 atom stereocenters. The molecule has 7 nitrogen and oxygen atoms in total. The van der Waals surface area contributed by atoms with E-state index < -0.39 is 6.09 Å². The van der Waals surface area contributed by atoms with Crippen molar-refractivity contribution in [2.24, 2.45) is 0 Å². The van der Waals surface area contributed by atoms with Crippen LogP contribution in [-0.2, 0) is 11.8 Å². The first-order valence-electron chi connectivity index (χ1n) is 12.3. The summed E-state index contributed by atoms with van der Waals surface area (Å²) >= 11 is 0. The molecular formula is C29H33N3O4. The van der Waals surface area contributed by atoms with Gasteiger partial charge in [0.2, 0.25) is 0 Å². The maximum absolute atomic E-state index is 12.7. The fraction of sp³-hybridized carbons (Fsp3) is 0.345. The SMILES string of the molecule is COc1ccc(NC(=O)Oc2ccc3c(c2)[C@]2(C)CCN(CCc4ccccc4)C2N3C)cc1OC. The van der Waals surface area contributed by atoms with Gasteiger partial charge in [-0.3, -0.25) is 10.2 Å². The van der Waals surface area contributed by atoms with Gasteiger partial charge in [0.1, 0.15) is 5.75 Å². The van der Waals surface area contributed by atoms with Gasteiger partial charge in [-0.25, -0.2) is 4.79 Å². The van der Waals surface area contributed by atoms with Crippen LogP contribution in [0.2, 0.25) is 0 Å². The number of methoxy groups -OCH3 is 2. The van der Waals surface area contributed by atoms with Gasteiger partial charge in [0.25, 0.3) is 0 Å². The van der Waals surface area contributed by atoms with Crippen LogP contribution in [0.15, 0.2) is 66.7 Å². The molecule has 7 heteroatoms. The molecule has 1 fully saturated rings. The summed E-state index contributed by atoms with van der Waals surface area (Å²) in [5.74, 6) is 1.66. The van der Waals surface area contributed by atoms with Gasteiger partial charge in [-0.1, -0.05) is 37.3 Å². The number of hydrogen-bond acceptors (Lipinski definition) is 6. The molecular weight excluding hydrogens is 454 g/mol. The van der Waals surface area contributed by atoms with E-state index in [0.717, 1.165) is 25.9 Å². The summed E-state index contributed by atoms with van der Waals surface area (Å²) in [6, 6.07) is 21.8. The van der Waals surface area contributed by atoms with E-state index in [1.54, 1.807) is 32.4 Å². The van der Waals surface area contributed by atoms with E-state index in [1.807, 2.05) is 12.1 Å². The molecule has 1 N–H and O–H groups in total. The molecule has 0 radical (unpaired) electrons. The number of rotatable bonds is 7. The van der Waals surface area contributed by atoms with Gasteiger partial charge < -0.3 is 19.1 Å². The molecule has 3 aromatic carbocycles. The number of anilines is 2. The summed E-state index contributed by atoms with van der Waals surface area (Å²) in [6.07, 6.45) is 1.83. The number of nitrogens with zero attached hydrogens (tertiary/aromatic N) is 2. The van der Waals surface area contributed by atoms with Crippen LogP contribution in [0.5, 0.6) is 17.2 Å². The zero-order valence-electron chi connectivity index (χ0n) is 21.3. The summed E-state index contributed by atoms with van der Waals surface area (Å²) in [5.41, 5.74) is 4.32. The fourth-order valence-corrected chi connectivity index (χ4v) is 5.77. The second-order valence-corrected chi connectivity index (χ2v) is 9.69. The van der Waals surface area contributed by atoms with E-state index in [9.17, 15) is 4.79 Å². The van der Waals surface area contributed by atoms with Gasteiger partial charge in [0, 0.05) is 43.0 Å². The zero-order chi connectivity index (χ0) is 25.3. The van der Waals surface area contributed by atoms with Crippen molar-refractivity contribution in [3.63, 3.8) is 0 Å². The van der Waals surface area contributed by atoms with E-state index in [2.05, 4.69) is 65.5 Å². The standard InChI is InChI=1S/C29H33N3O4/c1-29-15-17-32(16-14-20-8-6-5-7-9-20)27(29)31(2)24-12-11-22(19-23(24)29)36-28(33)30-21-10-13-25(34-3)26(18-21)35-4/h5-13,18-19,27H,14-17H2,1-4H3,(H,30,33)/t27?,29-/m0/s1. The number of fused-ring (bicyclic) bond motifs is 3. The lowest BCUT2D eigenvalue weighted by molar-refractivity contribution is 0.215. The Balaban J connectivity index is 1.29. The average Bonchev–Trinajstić information content (AvgIpc) is 3.34. The molecule has 2 heterocycles. The van der Waals surface area contributed by atoms with Crippen molar-refractivity contribution in [1.82, 2.24) is 4.90 Å². The van der Waals surface area contributed by atoms with Crippen LogP contribution in [0.4, 0.5) is 16.2 Å². The summed E-state index contributed by atoms with van der Waals surface area (Å²) in [7, 11) is 5.30. The minimum absolute atomic E-state index is 0.0278. The smallest absolute Gasteiger partial charge is 0.417 e. The van der Waals surface area contributed by atoms with Crippen molar-refractivity contribution < 1.29 is 19.0 Å². The molecule has 2 aliphatic heterocycles. The Morgan fingerprint density at radius 2 is 1.81 bits per heavy atom. The van der Waals surface area contributed by atoms with Crippen LogP contribution >= 0.6 is 0 Å².